The minimum Gasteiger partial charge on any atom is -0.398 e. The standard InChI is InChI=1S/C10H16N2S/c1-7-4-3-5-9(10(7)12)13-6-8(2)11/h3-5,8H,6,11-12H2,1-2H3. The summed E-state index contributed by atoms with van der Waals surface area (Å²) < 4.78 is 0. The average molecular weight is 196 g/mol. The van der Waals surface area contributed by atoms with E-state index < -0.39 is 0 Å². The Morgan fingerprint density at radius 2 is 2.15 bits per heavy atom. The van der Waals surface area contributed by atoms with Crippen LogP contribution in [0.1, 0.15) is 12.5 Å². The van der Waals surface area contributed by atoms with Crippen LogP contribution in [0.25, 0.3) is 0 Å². The first-order chi connectivity index (χ1) is 6.11. The van der Waals surface area contributed by atoms with Crippen LogP contribution in [-0.2, 0) is 0 Å². The molecule has 3 heteroatoms. The van der Waals surface area contributed by atoms with Crippen LogP contribution in [0.15, 0.2) is 23.1 Å². The Balaban J connectivity index is 2.71. The normalized spacial score (nSPS) is 12.8. The van der Waals surface area contributed by atoms with E-state index in [-0.39, 0.29) is 6.04 Å². The van der Waals surface area contributed by atoms with Crippen LogP contribution < -0.4 is 11.5 Å². The monoisotopic (exact) mass is 196 g/mol. The lowest BCUT2D eigenvalue weighted by Crippen LogP contribution is -2.17. The van der Waals surface area contributed by atoms with Gasteiger partial charge in [0.05, 0.1) is 0 Å². The molecule has 0 aliphatic heterocycles. The lowest BCUT2D eigenvalue weighted by molar-refractivity contribution is 0.847. The summed E-state index contributed by atoms with van der Waals surface area (Å²) in [5.74, 6) is 0.910. The van der Waals surface area contributed by atoms with Gasteiger partial charge in [-0.3, -0.25) is 0 Å². The van der Waals surface area contributed by atoms with Gasteiger partial charge in [-0.15, -0.1) is 11.8 Å². The summed E-state index contributed by atoms with van der Waals surface area (Å²) in [5.41, 5.74) is 13.6. The predicted octanol–water partition coefficient (Wildman–Crippen LogP) is 2.02. The van der Waals surface area contributed by atoms with Crippen molar-refractivity contribution in [2.75, 3.05) is 11.5 Å². The number of rotatable bonds is 3. The molecule has 13 heavy (non-hydrogen) atoms. The second kappa shape index (κ2) is 4.53. The fraction of sp³-hybridized carbons (Fsp3) is 0.400. The van der Waals surface area contributed by atoms with E-state index in [2.05, 4.69) is 0 Å². The van der Waals surface area contributed by atoms with Crippen molar-refractivity contribution in [2.45, 2.75) is 24.8 Å². The van der Waals surface area contributed by atoms with E-state index in [1.54, 1.807) is 11.8 Å². The van der Waals surface area contributed by atoms with Gasteiger partial charge in [-0.25, -0.2) is 0 Å². The van der Waals surface area contributed by atoms with Crippen LogP contribution in [0.2, 0.25) is 0 Å². The molecule has 0 saturated carbocycles. The summed E-state index contributed by atoms with van der Waals surface area (Å²) in [4.78, 5) is 1.14. The highest BCUT2D eigenvalue weighted by molar-refractivity contribution is 7.99. The number of thioether (sulfide) groups is 1. The number of anilines is 1. The van der Waals surface area contributed by atoms with E-state index in [9.17, 15) is 0 Å². The first-order valence-corrected chi connectivity index (χ1v) is 5.33. The molecule has 0 saturated heterocycles. The third-order valence-electron chi connectivity index (χ3n) is 1.79. The molecule has 0 aliphatic rings. The van der Waals surface area contributed by atoms with Crippen LogP contribution in [0.5, 0.6) is 0 Å². The molecule has 1 aromatic rings. The number of nitrogen functional groups attached to an aromatic ring is 1. The maximum Gasteiger partial charge on any atom is 0.0481 e. The maximum atomic E-state index is 5.91. The van der Waals surface area contributed by atoms with Gasteiger partial charge in [0.25, 0.3) is 0 Å². The summed E-state index contributed by atoms with van der Waals surface area (Å²) in [5, 5.41) is 0. The van der Waals surface area contributed by atoms with Gasteiger partial charge in [-0.1, -0.05) is 12.1 Å². The highest BCUT2D eigenvalue weighted by atomic mass is 32.2. The Morgan fingerprint density at radius 1 is 1.46 bits per heavy atom. The smallest absolute Gasteiger partial charge is 0.0481 e. The van der Waals surface area contributed by atoms with Gasteiger partial charge in [-0.05, 0) is 25.5 Å². The molecule has 4 N–H and O–H groups in total. The van der Waals surface area contributed by atoms with Gasteiger partial charge >= 0.3 is 0 Å². The Bertz CT molecular complexity index is 284. The van der Waals surface area contributed by atoms with E-state index in [0.717, 1.165) is 21.9 Å². The third kappa shape index (κ3) is 2.94. The van der Waals surface area contributed by atoms with Gasteiger partial charge in [0.2, 0.25) is 0 Å². The summed E-state index contributed by atoms with van der Waals surface area (Å²) in [6.07, 6.45) is 0. The Kier molecular flexibility index (Phi) is 3.63. The molecule has 1 rings (SSSR count). The highest BCUT2D eigenvalue weighted by Gasteiger charge is 2.02. The van der Waals surface area contributed by atoms with Crippen molar-refractivity contribution in [2.24, 2.45) is 5.73 Å². The van der Waals surface area contributed by atoms with Crippen LogP contribution in [0.3, 0.4) is 0 Å². The fourth-order valence-corrected chi connectivity index (χ4v) is 1.93. The second-order valence-electron chi connectivity index (χ2n) is 3.28. The second-order valence-corrected chi connectivity index (χ2v) is 4.34. The number of aryl methyl sites for hydroxylation is 1. The molecule has 0 spiro atoms. The summed E-state index contributed by atoms with van der Waals surface area (Å²) in [6.45, 7) is 4.02. The van der Waals surface area contributed by atoms with E-state index in [1.807, 2.05) is 32.0 Å². The topological polar surface area (TPSA) is 52.0 Å². The van der Waals surface area contributed by atoms with Gasteiger partial charge in [0.1, 0.15) is 0 Å². The number of hydrogen-bond acceptors (Lipinski definition) is 3. The van der Waals surface area contributed by atoms with Gasteiger partial charge in [-0.2, -0.15) is 0 Å². The molecular weight excluding hydrogens is 180 g/mol. The largest absolute Gasteiger partial charge is 0.398 e. The van der Waals surface area contributed by atoms with E-state index >= 15 is 0 Å². The minimum absolute atomic E-state index is 0.213. The molecule has 0 aromatic heterocycles. The fourth-order valence-electron chi connectivity index (χ4n) is 1.00. The first-order valence-electron chi connectivity index (χ1n) is 4.34. The quantitative estimate of drug-likeness (QED) is 0.574. The average Bonchev–Trinajstić information content (AvgIpc) is 2.07. The molecule has 1 aromatic carbocycles. The number of para-hydroxylation sites is 1. The molecule has 72 valence electrons. The molecule has 0 bridgehead atoms. The molecule has 0 amide bonds. The highest BCUT2D eigenvalue weighted by Crippen LogP contribution is 2.27. The zero-order valence-electron chi connectivity index (χ0n) is 8.08. The van der Waals surface area contributed by atoms with E-state index in [0.29, 0.717) is 0 Å². The molecule has 1 unspecified atom stereocenters. The van der Waals surface area contributed by atoms with Crippen LogP contribution in [-0.4, -0.2) is 11.8 Å². The molecular formula is C10H16N2S. The van der Waals surface area contributed by atoms with Crippen LogP contribution in [0, 0.1) is 6.92 Å². The van der Waals surface area contributed by atoms with Gasteiger partial charge in [0.15, 0.2) is 0 Å². The summed E-state index contributed by atoms with van der Waals surface area (Å²) in [7, 11) is 0. The minimum atomic E-state index is 0.213. The van der Waals surface area contributed by atoms with Crippen molar-refractivity contribution in [3.8, 4) is 0 Å². The summed E-state index contributed by atoms with van der Waals surface area (Å²) >= 11 is 1.72. The lowest BCUT2D eigenvalue weighted by Gasteiger charge is -2.09. The molecule has 0 radical (unpaired) electrons. The van der Waals surface area contributed by atoms with Crippen molar-refractivity contribution < 1.29 is 0 Å². The lowest BCUT2D eigenvalue weighted by atomic mass is 10.2. The zero-order chi connectivity index (χ0) is 9.84. The molecule has 0 heterocycles. The SMILES string of the molecule is Cc1cccc(SCC(C)N)c1N. The molecule has 0 fully saturated rings. The zero-order valence-corrected chi connectivity index (χ0v) is 8.90. The first kappa shape index (κ1) is 10.4. The van der Waals surface area contributed by atoms with Crippen molar-refractivity contribution in [1.29, 1.82) is 0 Å². The number of benzene rings is 1. The Hall–Kier alpha value is -0.670. The molecule has 1 atom stereocenters. The van der Waals surface area contributed by atoms with E-state index in [1.165, 1.54) is 0 Å². The number of nitrogens with two attached hydrogens (primary N) is 2. The number of hydrogen-bond donors (Lipinski definition) is 2. The van der Waals surface area contributed by atoms with Gasteiger partial charge in [0, 0.05) is 22.4 Å². The van der Waals surface area contributed by atoms with Crippen molar-refractivity contribution >= 4 is 17.4 Å². The van der Waals surface area contributed by atoms with Gasteiger partial charge < -0.3 is 11.5 Å². The van der Waals surface area contributed by atoms with E-state index in [4.69, 9.17) is 11.5 Å². The molecule has 2 nitrogen and oxygen atoms in total. The Labute approximate surface area is 83.7 Å². The predicted molar refractivity (Wildman–Crippen MR) is 60.0 cm³/mol. The van der Waals surface area contributed by atoms with Crippen molar-refractivity contribution in [1.82, 2.24) is 0 Å². The Morgan fingerprint density at radius 3 is 2.77 bits per heavy atom. The molecule has 0 aliphatic carbocycles. The van der Waals surface area contributed by atoms with Crippen LogP contribution in [0.4, 0.5) is 5.69 Å². The third-order valence-corrected chi connectivity index (χ3v) is 3.15. The van der Waals surface area contributed by atoms with Crippen LogP contribution >= 0.6 is 11.8 Å². The van der Waals surface area contributed by atoms with Crippen molar-refractivity contribution in [3.05, 3.63) is 23.8 Å². The maximum absolute atomic E-state index is 5.91. The van der Waals surface area contributed by atoms with Crippen molar-refractivity contribution in [3.63, 3.8) is 0 Å². The summed E-state index contributed by atoms with van der Waals surface area (Å²) in [6, 6.07) is 6.29.